The fourth-order valence-electron chi connectivity index (χ4n) is 4.78. The van der Waals surface area contributed by atoms with Gasteiger partial charge in [-0.15, -0.1) is 0 Å². The fourth-order valence-corrected chi connectivity index (χ4v) is 4.78. The van der Waals surface area contributed by atoms with Crippen LogP contribution in [0.5, 0.6) is 0 Å². The molecule has 1 spiro atoms. The summed E-state index contributed by atoms with van der Waals surface area (Å²) in [4.78, 5) is 30.0. The molecule has 146 valence electrons. The molecular formula is C21H29N3O3. The van der Waals surface area contributed by atoms with Crippen LogP contribution in [0, 0.1) is 12.3 Å². The van der Waals surface area contributed by atoms with Crippen molar-refractivity contribution in [1.29, 1.82) is 0 Å². The molecule has 3 aliphatic rings. The van der Waals surface area contributed by atoms with Crippen molar-refractivity contribution in [1.82, 2.24) is 9.80 Å². The van der Waals surface area contributed by atoms with Gasteiger partial charge < -0.3 is 19.9 Å². The minimum absolute atomic E-state index is 0.0998. The normalized spacial score (nSPS) is 26.6. The number of hydrogen-bond donors (Lipinski definition) is 1. The highest BCUT2D eigenvalue weighted by molar-refractivity contribution is 5.92. The van der Waals surface area contributed by atoms with Crippen LogP contribution in [0.2, 0.25) is 0 Å². The van der Waals surface area contributed by atoms with Crippen LogP contribution >= 0.6 is 0 Å². The lowest BCUT2D eigenvalue weighted by molar-refractivity contribution is -0.150. The van der Waals surface area contributed by atoms with Crippen molar-refractivity contribution in [2.75, 3.05) is 38.2 Å². The second kappa shape index (κ2) is 7.50. The molecule has 27 heavy (non-hydrogen) atoms. The van der Waals surface area contributed by atoms with E-state index in [2.05, 4.69) is 10.2 Å². The van der Waals surface area contributed by atoms with Crippen LogP contribution < -0.4 is 5.32 Å². The number of carbonyl (C=O) groups is 2. The van der Waals surface area contributed by atoms with E-state index in [1.165, 1.54) is 0 Å². The standard InChI is InChI=1S/C21H29N3O3/c1-16-5-2-3-6-18(16)22-20(26)23-12-10-21(15-23)9-4-11-24(19(21)25)17-7-13-27-14-8-17/h2-3,5-6,17H,4,7-15H2,1H3,(H,22,26). The lowest BCUT2D eigenvalue weighted by atomic mass is 9.77. The number of ether oxygens (including phenoxy) is 1. The summed E-state index contributed by atoms with van der Waals surface area (Å²) in [5, 5.41) is 3.01. The number of hydrogen-bond acceptors (Lipinski definition) is 3. The summed E-state index contributed by atoms with van der Waals surface area (Å²) in [6.45, 7) is 5.49. The average Bonchev–Trinajstić information content (AvgIpc) is 3.12. The molecule has 1 atom stereocenters. The molecule has 3 fully saturated rings. The minimum atomic E-state index is -0.389. The van der Waals surface area contributed by atoms with Crippen LogP contribution in [0.3, 0.4) is 0 Å². The molecule has 6 nitrogen and oxygen atoms in total. The smallest absolute Gasteiger partial charge is 0.321 e. The molecule has 0 aromatic heterocycles. The SMILES string of the molecule is Cc1ccccc1NC(=O)N1CCC2(CCCN(C3CCOCC3)C2=O)C1. The summed E-state index contributed by atoms with van der Waals surface area (Å²) in [5.74, 6) is 0.256. The summed E-state index contributed by atoms with van der Waals surface area (Å²) in [5.41, 5.74) is 1.49. The van der Waals surface area contributed by atoms with Crippen molar-refractivity contribution in [2.24, 2.45) is 5.41 Å². The molecule has 3 heterocycles. The van der Waals surface area contributed by atoms with Crippen LogP contribution in [-0.4, -0.2) is 60.6 Å². The van der Waals surface area contributed by atoms with Crippen LogP contribution in [0.25, 0.3) is 0 Å². The third-order valence-electron chi connectivity index (χ3n) is 6.43. The number of amides is 3. The molecule has 1 aromatic rings. The van der Waals surface area contributed by atoms with Gasteiger partial charge in [-0.3, -0.25) is 4.79 Å². The fraction of sp³-hybridized carbons (Fsp3) is 0.619. The molecule has 1 N–H and O–H groups in total. The minimum Gasteiger partial charge on any atom is -0.381 e. The monoisotopic (exact) mass is 371 g/mol. The van der Waals surface area contributed by atoms with Crippen molar-refractivity contribution >= 4 is 17.6 Å². The Morgan fingerprint density at radius 1 is 1.19 bits per heavy atom. The number of aryl methyl sites for hydroxylation is 1. The highest BCUT2D eigenvalue weighted by Crippen LogP contribution is 2.41. The van der Waals surface area contributed by atoms with Gasteiger partial charge in [0.2, 0.25) is 5.91 Å². The molecular weight excluding hydrogens is 342 g/mol. The Morgan fingerprint density at radius 3 is 2.74 bits per heavy atom. The van der Waals surface area contributed by atoms with E-state index in [0.29, 0.717) is 19.1 Å². The van der Waals surface area contributed by atoms with E-state index in [1.54, 1.807) is 0 Å². The molecule has 6 heteroatoms. The lowest BCUT2D eigenvalue weighted by Crippen LogP contribution is -2.55. The van der Waals surface area contributed by atoms with Gasteiger partial charge >= 0.3 is 6.03 Å². The van der Waals surface area contributed by atoms with Gasteiger partial charge in [-0.05, 0) is 50.7 Å². The van der Waals surface area contributed by atoms with Gasteiger partial charge in [0.05, 0.1) is 5.41 Å². The highest BCUT2D eigenvalue weighted by atomic mass is 16.5. The zero-order valence-corrected chi connectivity index (χ0v) is 16.1. The Bertz CT molecular complexity index is 716. The quantitative estimate of drug-likeness (QED) is 0.869. The van der Waals surface area contributed by atoms with E-state index < -0.39 is 0 Å². The molecule has 0 saturated carbocycles. The zero-order valence-electron chi connectivity index (χ0n) is 16.1. The molecule has 4 rings (SSSR count). The third-order valence-corrected chi connectivity index (χ3v) is 6.43. The van der Waals surface area contributed by atoms with E-state index in [1.807, 2.05) is 36.1 Å². The largest absolute Gasteiger partial charge is 0.381 e. The topological polar surface area (TPSA) is 61.9 Å². The second-order valence-electron chi connectivity index (χ2n) is 8.14. The Morgan fingerprint density at radius 2 is 1.96 bits per heavy atom. The number of urea groups is 1. The van der Waals surface area contributed by atoms with Gasteiger partial charge in [-0.25, -0.2) is 4.79 Å². The Labute approximate surface area is 160 Å². The molecule has 1 aromatic carbocycles. The molecule has 1 unspecified atom stereocenters. The first kappa shape index (κ1) is 18.3. The number of rotatable bonds is 2. The number of anilines is 1. The first-order chi connectivity index (χ1) is 13.1. The third kappa shape index (κ3) is 3.55. The number of benzene rings is 1. The Balaban J connectivity index is 1.43. The number of nitrogens with one attached hydrogen (secondary N) is 1. The van der Waals surface area contributed by atoms with E-state index >= 15 is 0 Å². The zero-order chi connectivity index (χ0) is 18.9. The molecule has 0 radical (unpaired) electrons. The van der Waals surface area contributed by atoms with Gasteiger partial charge in [-0.2, -0.15) is 0 Å². The number of para-hydroxylation sites is 1. The number of nitrogens with zero attached hydrogens (tertiary/aromatic N) is 2. The Kier molecular flexibility index (Phi) is 5.08. The molecule has 3 amide bonds. The summed E-state index contributed by atoms with van der Waals surface area (Å²) < 4.78 is 5.46. The first-order valence-corrected chi connectivity index (χ1v) is 10.1. The maximum atomic E-state index is 13.4. The maximum absolute atomic E-state index is 13.4. The van der Waals surface area contributed by atoms with E-state index in [0.717, 1.165) is 63.1 Å². The summed E-state index contributed by atoms with van der Waals surface area (Å²) in [6, 6.07) is 7.98. The lowest BCUT2D eigenvalue weighted by Gasteiger charge is -2.44. The van der Waals surface area contributed by atoms with Crippen molar-refractivity contribution < 1.29 is 14.3 Å². The number of likely N-dealkylation sites (tertiary alicyclic amines) is 2. The van der Waals surface area contributed by atoms with Crippen molar-refractivity contribution in [3.8, 4) is 0 Å². The summed E-state index contributed by atoms with van der Waals surface area (Å²) >= 11 is 0. The van der Waals surface area contributed by atoms with Crippen molar-refractivity contribution in [3.05, 3.63) is 29.8 Å². The van der Waals surface area contributed by atoms with Gasteiger partial charge in [0, 0.05) is 44.6 Å². The van der Waals surface area contributed by atoms with Crippen molar-refractivity contribution in [2.45, 2.75) is 45.1 Å². The molecule has 3 aliphatic heterocycles. The maximum Gasteiger partial charge on any atom is 0.321 e. The van der Waals surface area contributed by atoms with Gasteiger partial charge in [0.15, 0.2) is 0 Å². The van der Waals surface area contributed by atoms with Gasteiger partial charge in [0.25, 0.3) is 0 Å². The Hall–Kier alpha value is -2.08. The van der Waals surface area contributed by atoms with Crippen molar-refractivity contribution in [3.63, 3.8) is 0 Å². The first-order valence-electron chi connectivity index (χ1n) is 10.1. The van der Waals surface area contributed by atoms with Crippen LogP contribution in [0.1, 0.15) is 37.7 Å². The number of piperidine rings is 1. The van der Waals surface area contributed by atoms with Gasteiger partial charge in [0.1, 0.15) is 0 Å². The number of carbonyl (C=O) groups excluding carboxylic acids is 2. The average molecular weight is 371 g/mol. The molecule has 0 aliphatic carbocycles. The predicted molar refractivity (Wildman–Crippen MR) is 104 cm³/mol. The predicted octanol–water partition coefficient (Wildman–Crippen LogP) is 3.02. The molecule has 0 bridgehead atoms. The molecule has 3 saturated heterocycles. The van der Waals surface area contributed by atoms with Crippen LogP contribution in [0.15, 0.2) is 24.3 Å². The van der Waals surface area contributed by atoms with E-state index in [9.17, 15) is 9.59 Å². The van der Waals surface area contributed by atoms with Crippen LogP contribution in [-0.2, 0) is 9.53 Å². The van der Waals surface area contributed by atoms with E-state index in [4.69, 9.17) is 4.74 Å². The summed E-state index contributed by atoms with van der Waals surface area (Å²) in [7, 11) is 0. The van der Waals surface area contributed by atoms with E-state index in [-0.39, 0.29) is 17.4 Å². The second-order valence-corrected chi connectivity index (χ2v) is 8.14. The van der Waals surface area contributed by atoms with Gasteiger partial charge in [-0.1, -0.05) is 18.2 Å². The summed E-state index contributed by atoms with van der Waals surface area (Å²) in [6.07, 6.45) is 4.54. The highest BCUT2D eigenvalue weighted by Gasteiger charge is 2.50. The van der Waals surface area contributed by atoms with Crippen LogP contribution in [0.4, 0.5) is 10.5 Å².